The van der Waals surface area contributed by atoms with Gasteiger partial charge >= 0.3 is 0 Å². The van der Waals surface area contributed by atoms with E-state index in [9.17, 15) is 9.59 Å². The summed E-state index contributed by atoms with van der Waals surface area (Å²) in [6, 6.07) is 18.3. The molecule has 0 aliphatic carbocycles. The van der Waals surface area contributed by atoms with Gasteiger partial charge in [0.15, 0.2) is 6.61 Å². The smallest absolute Gasteiger partial charge is 0.271 e. The summed E-state index contributed by atoms with van der Waals surface area (Å²) in [6.45, 7) is 3.74. The Bertz CT molecular complexity index is 1140. The summed E-state index contributed by atoms with van der Waals surface area (Å²) in [5.74, 6) is -0.185. The summed E-state index contributed by atoms with van der Waals surface area (Å²) < 4.78 is 7.18. The van der Waals surface area contributed by atoms with Crippen LogP contribution in [0.15, 0.2) is 74.7 Å². The lowest BCUT2D eigenvalue weighted by Crippen LogP contribution is -2.21. The molecule has 0 saturated carbocycles. The Morgan fingerprint density at radius 2 is 1.59 bits per heavy atom. The second-order valence-electron chi connectivity index (χ2n) is 7.07. The quantitative estimate of drug-likeness (QED) is 0.292. The Labute approximate surface area is 203 Å². The molecule has 2 amide bonds. The summed E-state index contributed by atoms with van der Waals surface area (Å²) in [6.07, 6.45) is 1.47. The fraction of sp³-hybridized carbons (Fsp3) is 0.125. The van der Waals surface area contributed by atoms with E-state index in [1.54, 1.807) is 24.3 Å². The molecule has 0 heterocycles. The first kappa shape index (κ1) is 23.7. The van der Waals surface area contributed by atoms with Crippen molar-refractivity contribution in [3.8, 4) is 5.75 Å². The maximum Gasteiger partial charge on any atom is 0.271 e. The van der Waals surface area contributed by atoms with Crippen molar-refractivity contribution in [1.29, 1.82) is 0 Å². The topological polar surface area (TPSA) is 79.8 Å². The Morgan fingerprint density at radius 3 is 2.25 bits per heavy atom. The zero-order chi connectivity index (χ0) is 23.1. The van der Waals surface area contributed by atoms with E-state index < -0.39 is 0 Å². The van der Waals surface area contributed by atoms with Gasteiger partial charge in [-0.3, -0.25) is 9.59 Å². The fourth-order valence-electron chi connectivity index (χ4n) is 2.73. The molecule has 0 unspecified atom stereocenters. The molecule has 0 saturated heterocycles. The minimum Gasteiger partial charge on any atom is -0.482 e. The summed E-state index contributed by atoms with van der Waals surface area (Å²) in [7, 11) is 0. The van der Waals surface area contributed by atoms with Gasteiger partial charge in [-0.2, -0.15) is 5.10 Å². The van der Waals surface area contributed by atoms with Crippen LogP contribution in [0.2, 0.25) is 0 Å². The number of carbonyl (C=O) groups is 2. The molecule has 0 fully saturated rings. The number of hydrogen-bond acceptors (Lipinski definition) is 4. The SMILES string of the molecule is Cc1ccc(NC(=O)COc2c(Br)cc(Br)cc2/C=N/NC(=O)c2ccc(C)cc2)cc1. The summed E-state index contributed by atoms with van der Waals surface area (Å²) in [5.41, 5.74) is 6.46. The van der Waals surface area contributed by atoms with Crippen LogP contribution in [0.3, 0.4) is 0 Å². The first-order valence-electron chi connectivity index (χ1n) is 9.70. The molecule has 3 aromatic rings. The molecule has 8 heteroatoms. The van der Waals surface area contributed by atoms with Gasteiger partial charge < -0.3 is 10.1 Å². The van der Waals surface area contributed by atoms with Crippen molar-refractivity contribution in [3.05, 3.63) is 91.9 Å². The van der Waals surface area contributed by atoms with Crippen LogP contribution in [0, 0.1) is 13.8 Å². The molecule has 3 rings (SSSR count). The second-order valence-corrected chi connectivity index (χ2v) is 8.84. The molecule has 0 aliphatic rings. The van der Waals surface area contributed by atoms with E-state index >= 15 is 0 Å². The molecule has 164 valence electrons. The minimum absolute atomic E-state index is 0.190. The highest BCUT2D eigenvalue weighted by Crippen LogP contribution is 2.32. The van der Waals surface area contributed by atoms with Crippen LogP contribution in [0.4, 0.5) is 5.69 Å². The zero-order valence-corrected chi connectivity index (χ0v) is 20.7. The number of halogens is 2. The number of hydrazone groups is 1. The van der Waals surface area contributed by atoms with E-state index in [0.717, 1.165) is 15.6 Å². The highest BCUT2D eigenvalue weighted by atomic mass is 79.9. The number of aryl methyl sites for hydroxylation is 2. The van der Waals surface area contributed by atoms with Crippen LogP contribution < -0.4 is 15.5 Å². The van der Waals surface area contributed by atoms with Crippen LogP contribution in [0.25, 0.3) is 0 Å². The van der Waals surface area contributed by atoms with Gasteiger partial charge in [-0.05, 0) is 66.2 Å². The van der Waals surface area contributed by atoms with Gasteiger partial charge in [-0.25, -0.2) is 5.43 Å². The number of anilines is 1. The van der Waals surface area contributed by atoms with Gasteiger partial charge in [-0.1, -0.05) is 51.3 Å². The number of nitrogens with one attached hydrogen (secondary N) is 2. The number of hydrogen-bond donors (Lipinski definition) is 2. The molecular formula is C24H21Br2N3O3. The Kier molecular flexibility index (Phi) is 8.19. The molecule has 0 spiro atoms. The lowest BCUT2D eigenvalue weighted by molar-refractivity contribution is -0.118. The molecule has 2 N–H and O–H groups in total. The van der Waals surface area contributed by atoms with Crippen LogP contribution in [0.1, 0.15) is 27.0 Å². The van der Waals surface area contributed by atoms with Gasteiger partial charge in [0.05, 0.1) is 10.7 Å². The Balaban J connectivity index is 1.66. The van der Waals surface area contributed by atoms with Crippen molar-refractivity contribution < 1.29 is 14.3 Å². The summed E-state index contributed by atoms with van der Waals surface area (Å²) in [5, 5.41) is 6.83. The van der Waals surface area contributed by atoms with Crippen molar-refractivity contribution in [3.63, 3.8) is 0 Å². The molecule has 3 aromatic carbocycles. The first-order chi connectivity index (χ1) is 15.3. The normalized spacial score (nSPS) is 10.8. The predicted octanol–water partition coefficient (Wildman–Crippen LogP) is 5.61. The Morgan fingerprint density at radius 1 is 0.969 bits per heavy atom. The minimum atomic E-state index is -0.324. The summed E-state index contributed by atoms with van der Waals surface area (Å²) in [4.78, 5) is 24.5. The molecule has 6 nitrogen and oxygen atoms in total. The van der Waals surface area contributed by atoms with E-state index in [4.69, 9.17) is 4.74 Å². The van der Waals surface area contributed by atoms with E-state index in [1.165, 1.54) is 6.21 Å². The van der Waals surface area contributed by atoms with E-state index in [-0.39, 0.29) is 18.4 Å². The third kappa shape index (κ3) is 6.77. The number of nitrogens with zero attached hydrogens (tertiary/aromatic N) is 1. The van der Waals surface area contributed by atoms with Gasteiger partial charge in [0.25, 0.3) is 11.8 Å². The van der Waals surface area contributed by atoms with Crippen molar-refractivity contribution in [2.75, 3.05) is 11.9 Å². The zero-order valence-electron chi connectivity index (χ0n) is 17.5. The van der Waals surface area contributed by atoms with Gasteiger partial charge in [0, 0.05) is 21.3 Å². The maximum absolute atomic E-state index is 12.3. The van der Waals surface area contributed by atoms with Crippen LogP contribution in [-0.4, -0.2) is 24.6 Å². The van der Waals surface area contributed by atoms with Gasteiger partial charge in [0.2, 0.25) is 0 Å². The van der Waals surface area contributed by atoms with Crippen molar-refractivity contribution >= 4 is 55.6 Å². The standard InChI is InChI=1S/C24H21Br2N3O3/c1-15-3-7-17(8-4-15)24(31)29-27-13-18-11-19(25)12-21(26)23(18)32-14-22(30)28-20-9-5-16(2)6-10-20/h3-13H,14H2,1-2H3,(H,28,30)(H,29,31)/b27-13+. The fourth-order valence-corrected chi connectivity index (χ4v) is 4.10. The Hall–Kier alpha value is -2.97. The van der Waals surface area contributed by atoms with Crippen LogP contribution in [-0.2, 0) is 4.79 Å². The van der Waals surface area contributed by atoms with E-state index in [0.29, 0.717) is 27.0 Å². The molecule has 0 atom stereocenters. The van der Waals surface area contributed by atoms with Crippen molar-refractivity contribution in [2.24, 2.45) is 5.10 Å². The summed E-state index contributed by atoms with van der Waals surface area (Å²) >= 11 is 6.88. The lowest BCUT2D eigenvalue weighted by atomic mass is 10.1. The average molecular weight is 559 g/mol. The van der Waals surface area contributed by atoms with Crippen molar-refractivity contribution in [2.45, 2.75) is 13.8 Å². The van der Waals surface area contributed by atoms with E-state index in [2.05, 4.69) is 47.7 Å². The molecule has 0 bridgehead atoms. The van der Waals surface area contributed by atoms with Crippen LogP contribution in [0.5, 0.6) is 5.75 Å². The molecular weight excluding hydrogens is 538 g/mol. The van der Waals surface area contributed by atoms with Gasteiger partial charge in [0.1, 0.15) is 5.75 Å². The number of benzene rings is 3. The number of rotatable bonds is 7. The van der Waals surface area contributed by atoms with E-state index in [1.807, 2.05) is 50.2 Å². The largest absolute Gasteiger partial charge is 0.482 e. The molecule has 0 aliphatic heterocycles. The highest BCUT2D eigenvalue weighted by molar-refractivity contribution is 9.11. The van der Waals surface area contributed by atoms with Crippen LogP contribution >= 0.6 is 31.9 Å². The van der Waals surface area contributed by atoms with Gasteiger partial charge in [-0.15, -0.1) is 0 Å². The average Bonchev–Trinajstić information content (AvgIpc) is 2.75. The monoisotopic (exact) mass is 557 g/mol. The third-order valence-electron chi connectivity index (χ3n) is 4.40. The predicted molar refractivity (Wildman–Crippen MR) is 133 cm³/mol. The molecule has 0 aromatic heterocycles. The maximum atomic E-state index is 12.3. The number of carbonyl (C=O) groups excluding carboxylic acids is 2. The number of amides is 2. The van der Waals surface area contributed by atoms with Crippen molar-refractivity contribution in [1.82, 2.24) is 5.43 Å². The third-order valence-corrected chi connectivity index (χ3v) is 5.45. The lowest BCUT2D eigenvalue weighted by Gasteiger charge is -2.12. The molecule has 32 heavy (non-hydrogen) atoms. The number of ether oxygens (including phenoxy) is 1. The molecule has 0 radical (unpaired) electrons. The first-order valence-corrected chi connectivity index (χ1v) is 11.3. The highest BCUT2D eigenvalue weighted by Gasteiger charge is 2.12. The second kappa shape index (κ2) is 11.1.